The Balaban J connectivity index is 1.79. The van der Waals surface area contributed by atoms with Crippen LogP contribution in [0.25, 0.3) is 0 Å². The predicted molar refractivity (Wildman–Crippen MR) is 144 cm³/mol. The summed E-state index contributed by atoms with van der Waals surface area (Å²) in [6.45, 7) is 5.87. The summed E-state index contributed by atoms with van der Waals surface area (Å²) in [4.78, 5) is 48.7. The Bertz CT molecular complexity index is 974. The highest BCUT2D eigenvalue weighted by Crippen LogP contribution is 2.14. The second kappa shape index (κ2) is 16.9. The quantitative estimate of drug-likeness (QED) is 0.185. The van der Waals surface area contributed by atoms with Gasteiger partial charge >= 0.3 is 24.0 Å². The zero-order chi connectivity index (χ0) is 28.5. The van der Waals surface area contributed by atoms with Gasteiger partial charge < -0.3 is 24.3 Å². The van der Waals surface area contributed by atoms with Crippen molar-refractivity contribution < 1.29 is 38.1 Å². The number of alkyl carbamates (subject to hydrolysis) is 1. The Morgan fingerprint density at radius 2 is 1.21 bits per heavy atom. The van der Waals surface area contributed by atoms with Gasteiger partial charge in [-0.15, -0.1) is 0 Å². The Labute approximate surface area is 230 Å². The van der Waals surface area contributed by atoms with Gasteiger partial charge in [-0.3, -0.25) is 14.4 Å². The van der Waals surface area contributed by atoms with Crippen LogP contribution in [0.3, 0.4) is 0 Å². The van der Waals surface area contributed by atoms with Gasteiger partial charge in [-0.05, 0) is 51.2 Å². The molecule has 2 aromatic rings. The number of carbonyl (C=O) groups excluding carboxylic acids is 4. The summed E-state index contributed by atoms with van der Waals surface area (Å²) >= 11 is 0. The fraction of sp³-hybridized carbons (Fsp3) is 0.467. The van der Waals surface area contributed by atoms with Crippen molar-refractivity contribution in [2.75, 3.05) is 6.54 Å². The third-order valence-corrected chi connectivity index (χ3v) is 5.35. The smallest absolute Gasteiger partial charge is 0.407 e. The van der Waals surface area contributed by atoms with Gasteiger partial charge in [-0.2, -0.15) is 0 Å². The molecule has 0 radical (unpaired) electrons. The van der Waals surface area contributed by atoms with Gasteiger partial charge in [-0.1, -0.05) is 60.7 Å². The average molecular weight is 542 g/mol. The minimum Gasteiger partial charge on any atom is -0.461 e. The van der Waals surface area contributed by atoms with E-state index >= 15 is 0 Å². The molecule has 212 valence electrons. The van der Waals surface area contributed by atoms with E-state index in [1.165, 1.54) is 0 Å². The minimum absolute atomic E-state index is 0.0164. The fourth-order valence-electron chi connectivity index (χ4n) is 3.45. The zero-order valence-electron chi connectivity index (χ0n) is 23.0. The molecule has 9 nitrogen and oxygen atoms in total. The van der Waals surface area contributed by atoms with E-state index in [9.17, 15) is 19.2 Å². The van der Waals surface area contributed by atoms with Gasteiger partial charge in [0, 0.05) is 25.8 Å². The van der Waals surface area contributed by atoms with Gasteiger partial charge in [0.2, 0.25) is 0 Å². The summed E-state index contributed by atoms with van der Waals surface area (Å²) in [5.41, 5.74) is 1.16. The van der Waals surface area contributed by atoms with E-state index in [1.54, 1.807) is 20.8 Å². The van der Waals surface area contributed by atoms with E-state index in [0.717, 1.165) is 11.1 Å². The largest absolute Gasteiger partial charge is 0.461 e. The maximum Gasteiger partial charge on any atom is 0.407 e. The summed E-state index contributed by atoms with van der Waals surface area (Å²) in [7, 11) is 0. The van der Waals surface area contributed by atoms with E-state index < -0.39 is 29.7 Å². The highest BCUT2D eigenvalue weighted by Gasteiger charge is 2.20. The van der Waals surface area contributed by atoms with Crippen LogP contribution in [0.15, 0.2) is 60.7 Å². The first kappa shape index (κ1) is 31.3. The van der Waals surface area contributed by atoms with E-state index in [1.807, 2.05) is 60.7 Å². The lowest BCUT2D eigenvalue weighted by Gasteiger charge is -2.19. The standard InChI is InChI=1S/C30H39NO8/c1-30(2,3)39-28(34)15-10-20-31-29(35)38-25(16-18-26(32)36-21-23-11-6-4-7-12-23)17-19-27(33)37-22-24-13-8-5-9-14-24/h4-9,11-14,25H,10,15-22H2,1-3H3,(H,31,35). The van der Waals surface area contributed by atoms with Crippen LogP contribution in [0.2, 0.25) is 0 Å². The molecular formula is C30H39NO8. The van der Waals surface area contributed by atoms with Crippen molar-refractivity contribution >= 4 is 24.0 Å². The third-order valence-electron chi connectivity index (χ3n) is 5.35. The van der Waals surface area contributed by atoms with E-state index in [0.29, 0.717) is 6.42 Å². The number of amides is 1. The lowest BCUT2D eigenvalue weighted by atomic mass is 10.1. The van der Waals surface area contributed by atoms with Crippen molar-refractivity contribution in [2.45, 2.75) is 84.2 Å². The molecule has 39 heavy (non-hydrogen) atoms. The highest BCUT2D eigenvalue weighted by atomic mass is 16.6. The number of benzene rings is 2. The van der Waals surface area contributed by atoms with Crippen LogP contribution in [0.4, 0.5) is 4.79 Å². The maximum absolute atomic E-state index is 12.4. The SMILES string of the molecule is CC(C)(C)OC(=O)CCCNC(=O)OC(CCC(=O)OCc1ccccc1)CCC(=O)OCc1ccccc1. The molecule has 2 aromatic carbocycles. The fourth-order valence-corrected chi connectivity index (χ4v) is 3.45. The van der Waals surface area contributed by atoms with Crippen molar-refractivity contribution in [3.63, 3.8) is 0 Å². The van der Waals surface area contributed by atoms with Crippen molar-refractivity contribution in [1.29, 1.82) is 0 Å². The summed E-state index contributed by atoms with van der Waals surface area (Å²) in [5.74, 6) is -1.22. The molecule has 0 fully saturated rings. The third kappa shape index (κ3) is 15.2. The number of carbonyl (C=O) groups is 4. The van der Waals surface area contributed by atoms with Crippen LogP contribution in [0.1, 0.15) is 70.4 Å². The normalized spacial score (nSPS) is 11.0. The molecule has 2 rings (SSSR count). The summed E-state index contributed by atoms with van der Waals surface area (Å²) < 4.78 is 21.3. The molecule has 0 heterocycles. The first-order valence-electron chi connectivity index (χ1n) is 13.2. The van der Waals surface area contributed by atoms with Crippen molar-refractivity contribution in [1.82, 2.24) is 5.32 Å². The van der Waals surface area contributed by atoms with Crippen LogP contribution >= 0.6 is 0 Å². The number of nitrogens with one attached hydrogen (secondary N) is 1. The molecule has 0 saturated carbocycles. The second-order valence-electron chi connectivity index (χ2n) is 10.0. The predicted octanol–water partition coefficient (Wildman–Crippen LogP) is 5.25. The van der Waals surface area contributed by atoms with E-state index in [2.05, 4.69) is 5.32 Å². The van der Waals surface area contributed by atoms with Gasteiger partial charge in [0.05, 0.1) is 0 Å². The minimum atomic E-state index is -0.704. The Morgan fingerprint density at radius 1 is 0.718 bits per heavy atom. The molecule has 0 aliphatic heterocycles. The number of hydrogen-bond donors (Lipinski definition) is 1. The molecule has 0 aromatic heterocycles. The molecule has 0 unspecified atom stereocenters. The molecular weight excluding hydrogens is 502 g/mol. The lowest BCUT2D eigenvalue weighted by Crippen LogP contribution is -2.31. The Kier molecular flexibility index (Phi) is 13.5. The Morgan fingerprint density at radius 3 is 1.67 bits per heavy atom. The summed E-state index contributed by atoms with van der Waals surface area (Å²) in [5, 5.41) is 2.60. The Hall–Kier alpha value is -3.88. The van der Waals surface area contributed by atoms with Crippen molar-refractivity contribution in [3.05, 3.63) is 71.8 Å². The maximum atomic E-state index is 12.4. The zero-order valence-corrected chi connectivity index (χ0v) is 23.0. The lowest BCUT2D eigenvalue weighted by molar-refractivity contribution is -0.155. The molecule has 0 saturated heterocycles. The van der Waals surface area contributed by atoms with Crippen LogP contribution in [0, 0.1) is 0 Å². The molecule has 0 spiro atoms. The first-order valence-corrected chi connectivity index (χ1v) is 13.2. The van der Waals surface area contributed by atoms with Gasteiger partial charge in [0.25, 0.3) is 0 Å². The molecule has 0 bridgehead atoms. The van der Waals surface area contributed by atoms with Crippen LogP contribution in [0.5, 0.6) is 0 Å². The molecule has 0 atom stereocenters. The molecule has 9 heteroatoms. The van der Waals surface area contributed by atoms with Gasteiger partial charge in [0.1, 0.15) is 24.9 Å². The van der Waals surface area contributed by atoms with E-state index in [-0.39, 0.29) is 57.8 Å². The number of ether oxygens (including phenoxy) is 4. The van der Waals surface area contributed by atoms with Crippen LogP contribution in [-0.2, 0) is 46.5 Å². The van der Waals surface area contributed by atoms with Crippen molar-refractivity contribution in [3.8, 4) is 0 Å². The highest BCUT2D eigenvalue weighted by molar-refractivity contribution is 5.71. The summed E-state index contributed by atoms with van der Waals surface area (Å²) in [6.07, 6.45) is -0.460. The van der Waals surface area contributed by atoms with Gasteiger partial charge in [-0.25, -0.2) is 4.79 Å². The molecule has 1 N–H and O–H groups in total. The molecule has 0 aliphatic rings. The number of hydrogen-bond acceptors (Lipinski definition) is 8. The topological polar surface area (TPSA) is 117 Å². The van der Waals surface area contributed by atoms with Crippen molar-refractivity contribution in [2.24, 2.45) is 0 Å². The van der Waals surface area contributed by atoms with Crippen LogP contribution < -0.4 is 5.32 Å². The van der Waals surface area contributed by atoms with Crippen LogP contribution in [-0.4, -0.2) is 42.3 Å². The monoisotopic (exact) mass is 541 g/mol. The average Bonchev–Trinajstić information content (AvgIpc) is 2.90. The molecule has 0 aliphatic carbocycles. The molecule has 1 amide bonds. The van der Waals surface area contributed by atoms with Gasteiger partial charge in [0.15, 0.2) is 0 Å². The second-order valence-corrected chi connectivity index (χ2v) is 10.0. The number of esters is 3. The summed E-state index contributed by atoms with van der Waals surface area (Å²) in [6, 6.07) is 18.6. The first-order chi connectivity index (χ1) is 18.6. The number of rotatable bonds is 15. The van der Waals surface area contributed by atoms with E-state index in [4.69, 9.17) is 18.9 Å².